The first kappa shape index (κ1) is 14.4. The number of amides is 1. The largest absolute Gasteiger partial charge is 0.441 e. The Kier molecular flexibility index (Phi) is 4.99. The van der Waals surface area contributed by atoms with E-state index in [0.717, 1.165) is 42.0 Å². The van der Waals surface area contributed by atoms with Gasteiger partial charge < -0.3 is 10.5 Å². The Morgan fingerprint density at radius 3 is 2.65 bits per heavy atom. The number of hydrogen-bond donors (Lipinski definition) is 1. The molecular weight excluding hydrogens is 250 g/mol. The van der Waals surface area contributed by atoms with Crippen molar-refractivity contribution in [3.63, 3.8) is 0 Å². The number of benzene rings is 2. The maximum Gasteiger partial charge on any atom is 0.405 e. The first-order valence-corrected chi connectivity index (χ1v) is 7.16. The molecule has 2 aromatic rings. The van der Waals surface area contributed by atoms with Crippen LogP contribution in [0.15, 0.2) is 42.5 Å². The second-order valence-electron chi connectivity index (χ2n) is 4.99. The van der Waals surface area contributed by atoms with E-state index in [1.165, 1.54) is 0 Å². The van der Waals surface area contributed by atoms with Gasteiger partial charge in [-0.15, -0.1) is 0 Å². The molecule has 0 aliphatic carbocycles. The SMILES string of the molecule is CCCCCC(OC(N)=O)c1cccc2ccccc12. The van der Waals surface area contributed by atoms with E-state index >= 15 is 0 Å². The molecule has 0 heterocycles. The molecule has 20 heavy (non-hydrogen) atoms. The maximum atomic E-state index is 11.2. The highest BCUT2D eigenvalue weighted by atomic mass is 16.6. The van der Waals surface area contributed by atoms with E-state index in [2.05, 4.69) is 25.1 Å². The van der Waals surface area contributed by atoms with Crippen molar-refractivity contribution < 1.29 is 9.53 Å². The van der Waals surface area contributed by atoms with Gasteiger partial charge in [0.05, 0.1) is 0 Å². The first-order valence-electron chi connectivity index (χ1n) is 7.16. The van der Waals surface area contributed by atoms with Crippen molar-refractivity contribution in [1.29, 1.82) is 0 Å². The zero-order chi connectivity index (χ0) is 14.4. The van der Waals surface area contributed by atoms with Crippen molar-refractivity contribution in [2.24, 2.45) is 5.73 Å². The van der Waals surface area contributed by atoms with Gasteiger partial charge in [0.15, 0.2) is 0 Å². The van der Waals surface area contributed by atoms with Crippen LogP contribution in [-0.2, 0) is 4.74 Å². The van der Waals surface area contributed by atoms with Crippen molar-refractivity contribution in [3.8, 4) is 0 Å². The van der Waals surface area contributed by atoms with E-state index in [4.69, 9.17) is 10.5 Å². The monoisotopic (exact) mass is 271 g/mol. The molecular formula is C17H21NO2. The molecule has 1 amide bonds. The number of carbonyl (C=O) groups excluding carboxylic acids is 1. The second-order valence-corrected chi connectivity index (χ2v) is 4.99. The Morgan fingerprint density at radius 2 is 1.90 bits per heavy atom. The van der Waals surface area contributed by atoms with Crippen LogP contribution in [0.25, 0.3) is 10.8 Å². The van der Waals surface area contributed by atoms with Gasteiger partial charge in [0, 0.05) is 5.56 Å². The summed E-state index contributed by atoms with van der Waals surface area (Å²) in [6.07, 6.45) is 3.13. The maximum absolute atomic E-state index is 11.2. The van der Waals surface area contributed by atoms with Gasteiger partial charge in [-0.1, -0.05) is 62.2 Å². The smallest absolute Gasteiger partial charge is 0.405 e. The fraction of sp³-hybridized carbons (Fsp3) is 0.353. The number of hydrogen-bond acceptors (Lipinski definition) is 2. The fourth-order valence-corrected chi connectivity index (χ4v) is 2.53. The predicted molar refractivity (Wildman–Crippen MR) is 81.5 cm³/mol. The minimum Gasteiger partial charge on any atom is -0.441 e. The summed E-state index contributed by atoms with van der Waals surface area (Å²) < 4.78 is 5.33. The van der Waals surface area contributed by atoms with Crippen LogP contribution in [0.4, 0.5) is 4.79 Å². The third-order valence-corrected chi connectivity index (χ3v) is 3.50. The minimum atomic E-state index is -0.709. The third kappa shape index (κ3) is 3.50. The molecule has 2 N–H and O–H groups in total. The Labute approximate surface area is 119 Å². The van der Waals surface area contributed by atoms with Gasteiger partial charge >= 0.3 is 6.09 Å². The molecule has 0 aliphatic rings. The van der Waals surface area contributed by atoms with Crippen molar-refractivity contribution in [2.45, 2.75) is 38.7 Å². The minimum absolute atomic E-state index is 0.259. The van der Waals surface area contributed by atoms with Crippen LogP contribution in [-0.4, -0.2) is 6.09 Å². The highest BCUT2D eigenvalue weighted by Gasteiger charge is 2.17. The predicted octanol–water partition coefficient (Wildman–Crippen LogP) is 4.56. The van der Waals surface area contributed by atoms with E-state index in [0.29, 0.717) is 0 Å². The van der Waals surface area contributed by atoms with Gasteiger partial charge in [-0.2, -0.15) is 0 Å². The number of nitrogens with two attached hydrogens (primary N) is 1. The molecule has 0 saturated heterocycles. The number of primary amides is 1. The summed E-state index contributed by atoms with van der Waals surface area (Å²) in [5, 5.41) is 2.27. The summed E-state index contributed by atoms with van der Waals surface area (Å²) in [4.78, 5) is 11.2. The third-order valence-electron chi connectivity index (χ3n) is 3.50. The molecule has 3 nitrogen and oxygen atoms in total. The number of rotatable bonds is 6. The normalized spacial score (nSPS) is 12.2. The topological polar surface area (TPSA) is 52.3 Å². The lowest BCUT2D eigenvalue weighted by Crippen LogP contribution is -2.17. The molecule has 0 saturated carbocycles. The Hall–Kier alpha value is -2.03. The van der Waals surface area contributed by atoms with Crippen LogP contribution in [0.2, 0.25) is 0 Å². The van der Waals surface area contributed by atoms with Crippen molar-refractivity contribution in [2.75, 3.05) is 0 Å². The standard InChI is InChI=1S/C17H21NO2/c1-2-3-4-12-16(20-17(18)19)15-11-7-9-13-8-5-6-10-14(13)15/h5-11,16H,2-4,12H2,1H3,(H2,18,19). The molecule has 1 unspecified atom stereocenters. The van der Waals surface area contributed by atoms with Gasteiger partial charge in [0.25, 0.3) is 0 Å². The van der Waals surface area contributed by atoms with Crippen LogP contribution >= 0.6 is 0 Å². The molecule has 2 aromatic carbocycles. The van der Waals surface area contributed by atoms with Crippen molar-refractivity contribution in [1.82, 2.24) is 0 Å². The van der Waals surface area contributed by atoms with Crippen LogP contribution in [0.3, 0.4) is 0 Å². The van der Waals surface area contributed by atoms with Crippen LogP contribution < -0.4 is 5.73 Å². The molecule has 106 valence electrons. The molecule has 0 spiro atoms. The number of unbranched alkanes of at least 4 members (excludes halogenated alkanes) is 2. The molecule has 0 aliphatic heterocycles. The highest BCUT2D eigenvalue weighted by molar-refractivity contribution is 5.86. The van der Waals surface area contributed by atoms with E-state index in [9.17, 15) is 4.79 Å². The summed E-state index contributed by atoms with van der Waals surface area (Å²) in [6.45, 7) is 2.15. The van der Waals surface area contributed by atoms with Gasteiger partial charge in [0.2, 0.25) is 0 Å². The summed E-state index contributed by atoms with van der Waals surface area (Å²) >= 11 is 0. The quantitative estimate of drug-likeness (QED) is 0.783. The lowest BCUT2D eigenvalue weighted by atomic mass is 9.97. The molecule has 1 atom stereocenters. The first-order chi connectivity index (χ1) is 9.72. The summed E-state index contributed by atoms with van der Waals surface area (Å²) in [7, 11) is 0. The average molecular weight is 271 g/mol. The number of ether oxygens (including phenoxy) is 1. The molecule has 0 bridgehead atoms. The lowest BCUT2D eigenvalue weighted by molar-refractivity contribution is 0.100. The fourth-order valence-electron chi connectivity index (χ4n) is 2.53. The second kappa shape index (κ2) is 6.94. The zero-order valence-electron chi connectivity index (χ0n) is 11.8. The van der Waals surface area contributed by atoms with E-state index in [-0.39, 0.29) is 6.10 Å². The van der Waals surface area contributed by atoms with E-state index in [1.54, 1.807) is 0 Å². The summed E-state index contributed by atoms with van der Waals surface area (Å²) in [5.41, 5.74) is 6.26. The van der Waals surface area contributed by atoms with Crippen LogP contribution in [0.5, 0.6) is 0 Å². The molecule has 0 aromatic heterocycles. The van der Waals surface area contributed by atoms with Crippen LogP contribution in [0.1, 0.15) is 44.3 Å². The van der Waals surface area contributed by atoms with Crippen molar-refractivity contribution in [3.05, 3.63) is 48.0 Å². The average Bonchev–Trinajstić information content (AvgIpc) is 2.45. The van der Waals surface area contributed by atoms with Gasteiger partial charge in [0.1, 0.15) is 6.10 Å². The summed E-state index contributed by atoms with van der Waals surface area (Å²) in [6, 6.07) is 14.2. The van der Waals surface area contributed by atoms with Crippen molar-refractivity contribution >= 4 is 16.9 Å². The van der Waals surface area contributed by atoms with Gasteiger partial charge in [-0.3, -0.25) is 0 Å². The molecule has 0 fully saturated rings. The Balaban J connectivity index is 2.31. The Morgan fingerprint density at radius 1 is 1.15 bits per heavy atom. The van der Waals surface area contributed by atoms with Gasteiger partial charge in [-0.25, -0.2) is 4.79 Å². The highest BCUT2D eigenvalue weighted by Crippen LogP contribution is 2.30. The summed E-state index contributed by atoms with van der Waals surface area (Å²) in [5.74, 6) is 0. The lowest BCUT2D eigenvalue weighted by Gasteiger charge is -2.19. The number of carbonyl (C=O) groups is 1. The van der Waals surface area contributed by atoms with E-state index in [1.807, 2.05) is 24.3 Å². The molecule has 3 heteroatoms. The molecule has 0 radical (unpaired) electrons. The zero-order valence-corrected chi connectivity index (χ0v) is 11.8. The number of fused-ring (bicyclic) bond motifs is 1. The van der Waals surface area contributed by atoms with Crippen LogP contribution in [0, 0.1) is 0 Å². The molecule has 2 rings (SSSR count). The van der Waals surface area contributed by atoms with E-state index < -0.39 is 6.09 Å². The Bertz CT molecular complexity index is 575. The van der Waals surface area contributed by atoms with Gasteiger partial charge in [-0.05, 0) is 23.6 Å².